The summed E-state index contributed by atoms with van der Waals surface area (Å²) in [6.07, 6.45) is 5.00. The maximum absolute atomic E-state index is 13.0. The molecule has 6 nitrogen and oxygen atoms in total. The first-order valence-electron chi connectivity index (χ1n) is 10.8. The van der Waals surface area contributed by atoms with Crippen molar-refractivity contribution >= 4 is 33.6 Å². The van der Waals surface area contributed by atoms with Crippen LogP contribution in [0.2, 0.25) is 0 Å². The number of para-hydroxylation sites is 2. The molecule has 6 heteroatoms. The standard InChI is InChI=1S/C25H26N4O2/c1-28(2)12-7-13-29-15-19(17-9-4-6-11-21(17)29)23-22(24(30)27-25(23)31)18-14-26-20-10-5-3-8-16(18)20/h3-6,8-11,14-15,22-23,26H,7,12-13H2,1-2H3,(H,27,30,31)/p+1. The van der Waals surface area contributed by atoms with Crippen molar-refractivity contribution in [2.75, 3.05) is 20.6 Å². The number of carbonyl (C=O) groups excluding carboxylic acids is 2. The fraction of sp³-hybridized carbons (Fsp3) is 0.280. The van der Waals surface area contributed by atoms with Gasteiger partial charge in [0.2, 0.25) is 11.8 Å². The summed E-state index contributed by atoms with van der Waals surface area (Å²) in [6, 6.07) is 16.1. The number of rotatable bonds is 6. The summed E-state index contributed by atoms with van der Waals surface area (Å²) in [5.41, 5.74) is 3.87. The van der Waals surface area contributed by atoms with Crippen LogP contribution in [0.25, 0.3) is 21.8 Å². The Bertz CT molecular complexity index is 1280. The number of benzene rings is 2. The molecule has 0 radical (unpaired) electrons. The zero-order valence-electron chi connectivity index (χ0n) is 17.8. The van der Waals surface area contributed by atoms with E-state index in [-0.39, 0.29) is 11.8 Å². The Morgan fingerprint density at radius 3 is 2.35 bits per heavy atom. The average Bonchev–Trinajstić information content (AvgIpc) is 3.41. The lowest BCUT2D eigenvalue weighted by Crippen LogP contribution is -3.05. The number of fused-ring (bicyclic) bond motifs is 2. The third-order valence-corrected chi connectivity index (χ3v) is 6.33. The highest BCUT2D eigenvalue weighted by Gasteiger charge is 2.45. The van der Waals surface area contributed by atoms with Gasteiger partial charge in [0.15, 0.2) is 0 Å². The summed E-state index contributed by atoms with van der Waals surface area (Å²) in [6.45, 7) is 1.95. The molecule has 2 aromatic carbocycles. The highest BCUT2D eigenvalue weighted by atomic mass is 16.2. The molecule has 0 aliphatic carbocycles. The van der Waals surface area contributed by atoms with Crippen molar-refractivity contribution in [1.82, 2.24) is 14.9 Å². The summed E-state index contributed by atoms with van der Waals surface area (Å²) in [5, 5.41) is 4.62. The van der Waals surface area contributed by atoms with Crippen molar-refractivity contribution < 1.29 is 14.5 Å². The molecule has 1 aliphatic heterocycles. The van der Waals surface area contributed by atoms with Crippen LogP contribution in [-0.4, -0.2) is 42.0 Å². The van der Waals surface area contributed by atoms with E-state index in [1.165, 1.54) is 4.90 Å². The van der Waals surface area contributed by atoms with Gasteiger partial charge in [-0.3, -0.25) is 14.9 Å². The second-order valence-electron chi connectivity index (χ2n) is 8.70. The van der Waals surface area contributed by atoms with E-state index in [1.54, 1.807) is 0 Å². The maximum atomic E-state index is 13.0. The van der Waals surface area contributed by atoms with E-state index in [9.17, 15) is 9.59 Å². The zero-order chi connectivity index (χ0) is 21.5. The van der Waals surface area contributed by atoms with Crippen LogP contribution in [0.15, 0.2) is 60.9 Å². The van der Waals surface area contributed by atoms with Crippen molar-refractivity contribution in [3.63, 3.8) is 0 Å². The number of imide groups is 1. The maximum Gasteiger partial charge on any atom is 0.235 e. The summed E-state index contributed by atoms with van der Waals surface area (Å²) >= 11 is 0. The van der Waals surface area contributed by atoms with Gasteiger partial charge in [0.1, 0.15) is 0 Å². The second-order valence-corrected chi connectivity index (χ2v) is 8.70. The Morgan fingerprint density at radius 1 is 0.903 bits per heavy atom. The molecule has 1 saturated heterocycles. The van der Waals surface area contributed by atoms with Crippen LogP contribution in [0.5, 0.6) is 0 Å². The number of hydrogen-bond acceptors (Lipinski definition) is 2. The van der Waals surface area contributed by atoms with Gasteiger partial charge in [0.25, 0.3) is 0 Å². The van der Waals surface area contributed by atoms with Gasteiger partial charge in [0, 0.05) is 47.2 Å². The molecule has 2 aromatic heterocycles. The molecular formula is C25H27N4O2+. The molecular weight excluding hydrogens is 388 g/mol. The fourth-order valence-corrected chi connectivity index (χ4v) is 4.88. The Labute approximate surface area is 180 Å². The van der Waals surface area contributed by atoms with Crippen molar-refractivity contribution in [3.8, 4) is 0 Å². The van der Waals surface area contributed by atoms with Gasteiger partial charge in [-0.25, -0.2) is 0 Å². The highest BCUT2D eigenvalue weighted by molar-refractivity contribution is 6.13. The quantitative estimate of drug-likeness (QED) is 0.423. The second kappa shape index (κ2) is 7.71. The highest BCUT2D eigenvalue weighted by Crippen LogP contribution is 2.43. The molecule has 0 spiro atoms. The van der Waals surface area contributed by atoms with Crippen LogP contribution >= 0.6 is 0 Å². The number of aryl methyl sites for hydroxylation is 1. The number of amides is 2. The van der Waals surface area contributed by atoms with Crippen LogP contribution in [0.4, 0.5) is 0 Å². The summed E-state index contributed by atoms with van der Waals surface area (Å²) in [4.78, 5) is 30.6. The molecule has 2 atom stereocenters. The van der Waals surface area contributed by atoms with Gasteiger partial charge in [-0.05, 0) is 23.3 Å². The van der Waals surface area contributed by atoms with E-state index < -0.39 is 11.8 Å². The minimum Gasteiger partial charge on any atom is -0.361 e. The topological polar surface area (TPSA) is 71.3 Å². The monoisotopic (exact) mass is 415 g/mol. The first kappa shape index (κ1) is 19.6. The average molecular weight is 416 g/mol. The number of nitrogens with one attached hydrogen (secondary N) is 3. The van der Waals surface area contributed by atoms with Crippen LogP contribution in [0.3, 0.4) is 0 Å². The van der Waals surface area contributed by atoms with E-state index in [0.29, 0.717) is 0 Å². The summed E-state index contributed by atoms with van der Waals surface area (Å²) in [5.74, 6) is -1.54. The number of carbonyl (C=O) groups is 2. The van der Waals surface area contributed by atoms with Gasteiger partial charge >= 0.3 is 0 Å². The van der Waals surface area contributed by atoms with Crippen molar-refractivity contribution in [2.24, 2.45) is 0 Å². The largest absolute Gasteiger partial charge is 0.361 e. The van der Waals surface area contributed by atoms with E-state index >= 15 is 0 Å². The lowest BCUT2D eigenvalue weighted by atomic mass is 9.83. The van der Waals surface area contributed by atoms with Gasteiger partial charge in [-0.15, -0.1) is 0 Å². The minimum atomic E-state index is -0.547. The van der Waals surface area contributed by atoms with Crippen LogP contribution in [0.1, 0.15) is 29.4 Å². The number of quaternary nitrogens is 1. The molecule has 1 fully saturated rings. The van der Waals surface area contributed by atoms with Crippen LogP contribution in [0, 0.1) is 0 Å². The molecule has 0 saturated carbocycles. The number of hydrogen-bond donors (Lipinski definition) is 3. The van der Waals surface area contributed by atoms with E-state index in [1.807, 2.05) is 42.6 Å². The molecule has 3 N–H and O–H groups in total. The predicted molar refractivity (Wildman–Crippen MR) is 121 cm³/mol. The fourth-order valence-electron chi connectivity index (χ4n) is 4.88. The van der Waals surface area contributed by atoms with Crippen LogP contribution in [-0.2, 0) is 16.1 Å². The Kier molecular flexibility index (Phi) is 4.87. The van der Waals surface area contributed by atoms with Crippen molar-refractivity contribution in [1.29, 1.82) is 0 Å². The molecule has 2 amide bonds. The molecule has 1 aliphatic rings. The molecule has 3 heterocycles. The first-order valence-corrected chi connectivity index (χ1v) is 10.8. The number of nitrogens with zero attached hydrogens (tertiary/aromatic N) is 1. The molecule has 0 bridgehead atoms. The van der Waals surface area contributed by atoms with Gasteiger partial charge < -0.3 is 14.5 Å². The van der Waals surface area contributed by atoms with E-state index in [4.69, 9.17) is 0 Å². The molecule has 31 heavy (non-hydrogen) atoms. The summed E-state index contributed by atoms with van der Waals surface area (Å²) in [7, 11) is 4.30. The Morgan fingerprint density at radius 2 is 1.58 bits per heavy atom. The normalized spacial score (nSPS) is 19.1. The number of aromatic amines is 1. The van der Waals surface area contributed by atoms with Crippen molar-refractivity contribution in [2.45, 2.75) is 24.8 Å². The van der Waals surface area contributed by atoms with Gasteiger partial charge in [-0.1, -0.05) is 36.4 Å². The summed E-state index contributed by atoms with van der Waals surface area (Å²) < 4.78 is 2.23. The zero-order valence-corrected chi connectivity index (χ0v) is 17.8. The Hall–Kier alpha value is -3.38. The van der Waals surface area contributed by atoms with Gasteiger partial charge in [-0.2, -0.15) is 0 Å². The third kappa shape index (κ3) is 3.33. The predicted octanol–water partition coefficient (Wildman–Crippen LogP) is 2.18. The Balaban J connectivity index is 1.61. The SMILES string of the molecule is C[NH+](C)CCCn1cc(C2C(=O)NC(=O)C2c2c[nH]c3ccccc23)c2ccccc21. The minimum absolute atomic E-state index is 0.221. The number of H-pyrrole nitrogens is 1. The lowest BCUT2D eigenvalue weighted by molar-refractivity contribution is -0.858. The number of aromatic nitrogens is 2. The molecule has 5 rings (SSSR count). The first-order chi connectivity index (χ1) is 15.0. The van der Waals surface area contributed by atoms with Crippen molar-refractivity contribution in [3.05, 3.63) is 72.1 Å². The lowest BCUT2D eigenvalue weighted by Gasteiger charge is -2.15. The smallest absolute Gasteiger partial charge is 0.235 e. The van der Waals surface area contributed by atoms with Gasteiger partial charge in [0.05, 0.1) is 32.5 Å². The van der Waals surface area contributed by atoms with Crippen LogP contribution < -0.4 is 10.2 Å². The molecule has 158 valence electrons. The third-order valence-electron chi connectivity index (χ3n) is 6.33. The van der Waals surface area contributed by atoms with E-state index in [0.717, 1.165) is 52.4 Å². The molecule has 2 unspecified atom stereocenters. The van der Waals surface area contributed by atoms with E-state index in [2.05, 4.69) is 47.3 Å². The molecule has 4 aromatic rings.